The van der Waals surface area contributed by atoms with Gasteiger partial charge in [-0.15, -0.1) is 12.4 Å². The van der Waals surface area contributed by atoms with E-state index in [1.807, 2.05) is 30.3 Å². The molecule has 2 aromatic rings. The minimum atomic E-state index is -0.144. The number of benzene rings is 2. The first kappa shape index (κ1) is 19.0. The lowest BCUT2D eigenvalue weighted by Crippen LogP contribution is -2.32. The van der Waals surface area contributed by atoms with E-state index in [1.54, 1.807) is 41.1 Å². The standard InChI is InChI=1S/C19H21N3O2.ClH/c1-21(17-8-3-2-4-9-17)18(23)14-6-5-7-15(12-14)19(24)22-11-10-16(20)13-22;/h2-9,12,16H,10-11,13,20H2,1H3;1H/t16-;/m1./s1. The third kappa shape index (κ3) is 4.18. The number of nitrogens with zero attached hydrogens (tertiary/aromatic N) is 2. The first-order valence-electron chi connectivity index (χ1n) is 8.04. The summed E-state index contributed by atoms with van der Waals surface area (Å²) in [6, 6.07) is 16.3. The Balaban J connectivity index is 0.00000225. The molecule has 0 unspecified atom stereocenters. The number of amides is 2. The van der Waals surface area contributed by atoms with Crippen molar-refractivity contribution in [3.63, 3.8) is 0 Å². The maximum absolute atomic E-state index is 12.7. The molecular formula is C19H22ClN3O2. The van der Waals surface area contributed by atoms with E-state index >= 15 is 0 Å². The first-order chi connectivity index (χ1) is 11.6. The molecule has 1 atom stereocenters. The van der Waals surface area contributed by atoms with Gasteiger partial charge >= 0.3 is 0 Å². The second kappa shape index (κ2) is 8.14. The molecule has 0 aromatic heterocycles. The molecule has 6 heteroatoms. The van der Waals surface area contributed by atoms with E-state index in [4.69, 9.17) is 5.73 Å². The van der Waals surface area contributed by atoms with Crippen LogP contribution in [-0.2, 0) is 0 Å². The average Bonchev–Trinajstić information content (AvgIpc) is 3.07. The number of carbonyl (C=O) groups excluding carboxylic acids is 2. The van der Waals surface area contributed by atoms with Gasteiger partial charge in [0.2, 0.25) is 0 Å². The topological polar surface area (TPSA) is 66.6 Å². The summed E-state index contributed by atoms with van der Waals surface area (Å²) in [4.78, 5) is 28.6. The maximum Gasteiger partial charge on any atom is 0.258 e. The summed E-state index contributed by atoms with van der Waals surface area (Å²) in [5, 5.41) is 0. The summed E-state index contributed by atoms with van der Waals surface area (Å²) >= 11 is 0. The van der Waals surface area contributed by atoms with Gasteiger partial charge in [0.05, 0.1) is 0 Å². The van der Waals surface area contributed by atoms with E-state index in [-0.39, 0.29) is 30.3 Å². The molecule has 25 heavy (non-hydrogen) atoms. The van der Waals surface area contributed by atoms with Gasteiger partial charge in [0, 0.05) is 43.0 Å². The van der Waals surface area contributed by atoms with E-state index in [0.29, 0.717) is 24.2 Å². The Morgan fingerprint density at radius 1 is 1.08 bits per heavy atom. The van der Waals surface area contributed by atoms with Crippen LogP contribution in [0.3, 0.4) is 0 Å². The lowest BCUT2D eigenvalue weighted by molar-refractivity contribution is 0.0791. The number of anilines is 1. The summed E-state index contributed by atoms with van der Waals surface area (Å²) in [7, 11) is 1.73. The molecule has 1 fully saturated rings. The van der Waals surface area contributed by atoms with Crippen molar-refractivity contribution in [2.75, 3.05) is 25.0 Å². The van der Waals surface area contributed by atoms with Crippen LogP contribution in [0.1, 0.15) is 27.1 Å². The molecule has 3 rings (SSSR count). The third-order valence-electron chi connectivity index (χ3n) is 4.32. The van der Waals surface area contributed by atoms with Gasteiger partial charge in [0.1, 0.15) is 0 Å². The van der Waals surface area contributed by atoms with E-state index in [0.717, 1.165) is 12.1 Å². The van der Waals surface area contributed by atoms with Crippen molar-refractivity contribution in [2.45, 2.75) is 12.5 Å². The van der Waals surface area contributed by atoms with Crippen LogP contribution in [0.25, 0.3) is 0 Å². The molecule has 0 aliphatic carbocycles. The first-order valence-corrected chi connectivity index (χ1v) is 8.04. The second-order valence-corrected chi connectivity index (χ2v) is 6.08. The van der Waals surface area contributed by atoms with Gasteiger partial charge in [-0.1, -0.05) is 24.3 Å². The van der Waals surface area contributed by atoms with Crippen LogP contribution < -0.4 is 10.6 Å². The van der Waals surface area contributed by atoms with Crippen molar-refractivity contribution >= 4 is 29.9 Å². The predicted molar refractivity (Wildman–Crippen MR) is 101 cm³/mol. The lowest BCUT2D eigenvalue weighted by atomic mass is 10.1. The van der Waals surface area contributed by atoms with Crippen molar-refractivity contribution in [1.29, 1.82) is 0 Å². The quantitative estimate of drug-likeness (QED) is 0.915. The lowest BCUT2D eigenvalue weighted by Gasteiger charge is -2.19. The molecule has 2 N–H and O–H groups in total. The smallest absolute Gasteiger partial charge is 0.258 e. The van der Waals surface area contributed by atoms with E-state index in [1.165, 1.54) is 0 Å². The molecule has 1 saturated heterocycles. The molecule has 1 aliphatic heterocycles. The molecule has 2 aromatic carbocycles. The van der Waals surface area contributed by atoms with Crippen LogP contribution in [-0.4, -0.2) is 42.9 Å². The predicted octanol–water partition coefficient (Wildman–Crippen LogP) is 2.56. The van der Waals surface area contributed by atoms with Gasteiger partial charge in [-0.25, -0.2) is 0 Å². The molecule has 2 amide bonds. The number of likely N-dealkylation sites (tertiary alicyclic amines) is 1. The molecule has 1 aliphatic rings. The summed E-state index contributed by atoms with van der Waals surface area (Å²) in [6.45, 7) is 1.24. The zero-order valence-corrected chi connectivity index (χ0v) is 14.9. The molecule has 0 bridgehead atoms. The fraction of sp³-hybridized carbons (Fsp3) is 0.263. The number of halogens is 1. The monoisotopic (exact) mass is 359 g/mol. The fourth-order valence-electron chi connectivity index (χ4n) is 2.90. The van der Waals surface area contributed by atoms with E-state index < -0.39 is 0 Å². The number of hydrogen-bond acceptors (Lipinski definition) is 3. The van der Waals surface area contributed by atoms with Crippen LogP contribution in [0, 0.1) is 0 Å². The van der Waals surface area contributed by atoms with Crippen LogP contribution in [0.2, 0.25) is 0 Å². The summed E-state index contributed by atoms with van der Waals surface area (Å²) in [5.41, 5.74) is 7.70. The largest absolute Gasteiger partial charge is 0.337 e. The van der Waals surface area contributed by atoms with Crippen molar-refractivity contribution in [2.24, 2.45) is 5.73 Å². The number of rotatable bonds is 3. The van der Waals surface area contributed by atoms with Gasteiger partial charge in [0.25, 0.3) is 11.8 Å². The minimum Gasteiger partial charge on any atom is -0.337 e. The Hall–Kier alpha value is -2.37. The van der Waals surface area contributed by atoms with Crippen LogP contribution in [0.4, 0.5) is 5.69 Å². The Bertz CT molecular complexity index is 751. The highest BCUT2D eigenvalue weighted by Crippen LogP contribution is 2.17. The second-order valence-electron chi connectivity index (χ2n) is 6.08. The van der Waals surface area contributed by atoms with Crippen molar-refractivity contribution < 1.29 is 9.59 Å². The van der Waals surface area contributed by atoms with Crippen molar-refractivity contribution in [3.05, 3.63) is 65.7 Å². The highest BCUT2D eigenvalue weighted by molar-refractivity contribution is 6.07. The summed E-state index contributed by atoms with van der Waals surface area (Å²) in [6.07, 6.45) is 0.821. The number of carbonyl (C=O) groups is 2. The van der Waals surface area contributed by atoms with Gasteiger partial charge in [-0.3, -0.25) is 9.59 Å². The molecule has 1 heterocycles. The molecule has 0 radical (unpaired) electrons. The molecule has 0 spiro atoms. The highest BCUT2D eigenvalue weighted by atomic mass is 35.5. The number of hydrogen-bond donors (Lipinski definition) is 1. The Morgan fingerprint density at radius 3 is 2.40 bits per heavy atom. The normalized spacial score (nSPS) is 16.2. The fourth-order valence-corrected chi connectivity index (χ4v) is 2.90. The zero-order chi connectivity index (χ0) is 17.1. The molecule has 0 saturated carbocycles. The van der Waals surface area contributed by atoms with Crippen molar-refractivity contribution in [1.82, 2.24) is 4.90 Å². The maximum atomic E-state index is 12.7. The van der Waals surface area contributed by atoms with Crippen LogP contribution in [0.5, 0.6) is 0 Å². The van der Waals surface area contributed by atoms with Gasteiger partial charge in [0.15, 0.2) is 0 Å². The Kier molecular flexibility index (Phi) is 6.17. The third-order valence-corrected chi connectivity index (χ3v) is 4.32. The Morgan fingerprint density at radius 2 is 1.76 bits per heavy atom. The van der Waals surface area contributed by atoms with Gasteiger partial charge in [-0.05, 0) is 36.8 Å². The summed E-state index contributed by atoms with van der Waals surface area (Å²) < 4.78 is 0. The van der Waals surface area contributed by atoms with Crippen LogP contribution >= 0.6 is 12.4 Å². The highest BCUT2D eigenvalue weighted by Gasteiger charge is 2.25. The average molecular weight is 360 g/mol. The molecule has 132 valence electrons. The van der Waals surface area contributed by atoms with Crippen LogP contribution in [0.15, 0.2) is 54.6 Å². The Labute approximate surface area is 153 Å². The molecular weight excluding hydrogens is 338 g/mol. The molecule has 5 nitrogen and oxygen atoms in total. The SMILES string of the molecule is CN(C(=O)c1cccc(C(=O)N2CC[C@@H](N)C2)c1)c1ccccc1.Cl. The van der Waals surface area contributed by atoms with E-state index in [9.17, 15) is 9.59 Å². The van der Waals surface area contributed by atoms with Gasteiger partial charge < -0.3 is 15.5 Å². The number of nitrogens with two attached hydrogens (primary N) is 1. The van der Waals surface area contributed by atoms with Gasteiger partial charge in [-0.2, -0.15) is 0 Å². The zero-order valence-electron chi connectivity index (χ0n) is 14.1. The van der Waals surface area contributed by atoms with Crippen molar-refractivity contribution in [3.8, 4) is 0 Å². The summed E-state index contributed by atoms with van der Waals surface area (Å²) in [5.74, 6) is -0.214. The number of para-hydroxylation sites is 1. The van der Waals surface area contributed by atoms with E-state index in [2.05, 4.69) is 0 Å². The minimum absolute atomic E-state index is 0.